The SMILES string of the molecule is Cc1nc(-c2ccccc2)ccc1C(=O)NCCN1CCS(=O)(=O)CC1. The second-order valence-corrected chi connectivity index (χ2v) is 8.75. The molecule has 1 aliphatic rings. The molecule has 1 N–H and O–H groups in total. The van der Waals surface area contributed by atoms with Gasteiger partial charge in [-0.15, -0.1) is 0 Å². The molecular formula is C19H23N3O3S. The lowest BCUT2D eigenvalue weighted by molar-refractivity contribution is 0.0947. The van der Waals surface area contributed by atoms with Crippen LogP contribution in [0.15, 0.2) is 42.5 Å². The van der Waals surface area contributed by atoms with Crippen molar-refractivity contribution in [2.24, 2.45) is 0 Å². The molecule has 1 amide bonds. The van der Waals surface area contributed by atoms with Gasteiger partial charge < -0.3 is 5.32 Å². The van der Waals surface area contributed by atoms with Crippen LogP contribution in [0.3, 0.4) is 0 Å². The number of nitrogens with zero attached hydrogens (tertiary/aromatic N) is 2. The van der Waals surface area contributed by atoms with Crippen molar-refractivity contribution in [3.8, 4) is 11.3 Å². The van der Waals surface area contributed by atoms with Crippen molar-refractivity contribution in [3.63, 3.8) is 0 Å². The molecule has 2 heterocycles. The van der Waals surface area contributed by atoms with Gasteiger partial charge in [0.1, 0.15) is 0 Å². The van der Waals surface area contributed by atoms with Crippen molar-refractivity contribution in [1.29, 1.82) is 0 Å². The number of carbonyl (C=O) groups excluding carboxylic acids is 1. The molecule has 1 saturated heterocycles. The first-order valence-electron chi connectivity index (χ1n) is 8.69. The fraction of sp³-hybridized carbons (Fsp3) is 0.368. The molecule has 138 valence electrons. The summed E-state index contributed by atoms with van der Waals surface area (Å²) < 4.78 is 22.9. The van der Waals surface area contributed by atoms with Gasteiger partial charge in [-0.05, 0) is 19.1 Å². The first kappa shape index (κ1) is 18.5. The Kier molecular flexibility index (Phi) is 5.68. The largest absolute Gasteiger partial charge is 0.351 e. The van der Waals surface area contributed by atoms with Crippen LogP contribution in [-0.4, -0.2) is 61.9 Å². The van der Waals surface area contributed by atoms with Crippen molar-refractivity contribution in [1.82, 2.24) is 15.2 Å². The lowest BCUT2D eigenvalue weighted by Gasteiger charge is -2.26. The number of aromatic nitrogens is 1. The Morgan fingerprint density at radius 1 is 1.12 bits per heavy atom. The van der Waals surface area contributed by atoms with Gasteiger partial charge in [0.05, 0.1) is 28.5 Å². The molecule has 1 fully saturated rings. The molecule has 0 spiro atoms. The van der Waals surface area contributed by atoms with Gasteiger partial charge in [-0.3, -0.25) is 14.7 Å². The molecule has 26 heavy (non-hydrogen) atoms. The van der Waals surface area contributed by atoms with E-state index in [0.29, 0.717) is 37.4 Å². The first-order valence-corrected chi connectivity index (χ1v) is 10.5. The number of benzene rings is 1. The Morgan fingerprint density at radius 2 is 1.81 bits per heavy atom. The summed E-state index contributed by atoms with van der Waals surface area (Å²) in [5.74, 6) is 0.245. The van der Waals surface area contributed by atoms with Crippen molar-refractivity contribution >= 4 is 15.7 Å². The fourth-order valence-electron chi connectivity index (χ4n) is 2.97. The highest BCUT2D eigenvalue weighted by Gasteiger charge is 2.21. The van der Waals surface area contributed by atoms with Crippen LogP contribution in [0.5, 0.6) is 0 Å². The average molecular weight is 373 g/mol. The van der Waals surface area contributed by atoms with E-state index in [1.54, 1.807) is 6.07 Å². The molecule has 0 radical (unpaired) electrons. The van der Waals surface area contributed by atoms with E-state index in [2.05, 4.69) is 15.2 Å². The molecule has 3 rings (SSSR count). The van der Waals surface area contributed by atoms with E-state index in [1.165, 1.54) is 0 Å². The van der Waals surface area contributed by atoms with Crippen LogP contribution in [0, 0.1) is 6.92 Å². The van der Waals surface area contributed by atoms with E-state index in [0.717, 1.165) is 11.3 Å². The summed E-state index contributed by atoms with van der Waals surface area (Å²) in [6.45, 7) is 4.03. The summed E-state index contributed by atoms with van der Waals surface area (Å²) >= 11 is 0. The Balaban J connectivity index is 1.55. The van der Waals surface area contributed by atoms with Gasteiger partial charge in [0, 0.05) is 31.7 Å². The Hall–Kier alpha value is -2.25. The molecule has 1 aromatic heterocycles. The predicted octanol–water partition coefficient (Wildman–Crippen LogP) is 1.52. The van der Waals surface area contributed by atoms with E-state index in [9.17, 15) is 13.2 Å². The molecule has 1 aromatic carbocycles. The highest BCUT2D eigenvalue weighted by molar-refractivity contribution is 7.91. The maximum absolute atomic E-state index is 12.4. The summed E-state index contributed by atoms with van der Waals surface area (Å²) in [4.78, 5) is 19.0. The van der Waals surface area contributed by atoms with Crippen molar-refractivity contribution in [3.05, 3.63) is 53.7 Å². The van der Waals surface area contributed by atoms with Crippen molar-refractivity contribution < 1.29 is 13.2 Å². The summed E-state index contributed by atoms with van der Waals surface area (Å²) in [5, 5.41) is 2.90. The number of aryl methyl sites for hydroxylation is 1. The Morgan fingerprint density at radius 3 is 2.46 bits per heavy atom. The average Bonchev–Trinajstić information content (AvgIpc) is 2.63. The molecule has 1 aliphatic heterocycles. The van der Waals surface area contributed by atoms with Gasteiger partial charge in [0.2, 0.25) is 0 Å². The van der Waals surface area contributed by atoms with Crippen LogP contribution in [0.1, 0.15) is 16.1 Å². The molecule has 0 aliphatic carbocycles. The van der Waals surface area contributed by atoms with Crippen LogP contribution in [0.2, 0.25) is 0 Å². The van der Waals surface area contributed by atoms with Crippen LogP contribution in [-0.2, 0) is 9.84 Å². The van der Waals surface area contributed by atoms with E-state index < -0.39 is 9.84 Å². The lowest BCUT2D eigenvalue weighted by atomic mass is 10.1. The minimum Gasteiger partial charge on any atom is -0.351 e. The third-order valence-corrected chi connectivity index (χ3v) is 6.16. The predicted molar refractivity (Wildman–Crippen MR) is 102 cm³/mol. The van der Waals surface area contributed by atoms with E-state index in [-0.39, 0.29) is 17.4 Å². The molecule has 0 unspecified atom stereocenters. The van der Waals surface area contributed by atoms with E-state index >= 15 is 0 Å². The fourth-order valence-corrected chi connectivity index (χ4v) is 4.24. The van der Waals surface area contributed by atoms with Gasteiger partial charge in [-0.1, -0.05) is 30.3 Å². The van der Waals surface area contributed by atoms with Crippen LogP contribution >= 0.6 is 0 Å². The van der Waals surface area contributed by atoms with Gasteiger partial charge in [-0.25, -0.2) is 8.42 Å². The van der Waals surface area contributed by atoms with Crippen molar-refractivity contribution in [2.45, 2.75) is 6.92 Å². The normalized spacial score (nSPS) is 17.0. The number of hydrogen-bond acceptors (Lipinski definition) is 5. The molecule has 7 heteroatoms. The third-order valence-electron chi connectivity index (χ3n) is 4.55. The first-order chi connectivity index (χ1) is 12.4. The zero-order chi connectivity index (χ0) is 18.6. The zero-order valence-corrected chi connectivity index (χ0v) is 15.6. The third kappa shape index (κ3) is 4.68. The molecule has 0 saturated carbocycles. The Bertz CT molecular complexity index is 868. The summed E-state index contributed by atoms with van der Waals surface area (Å²) in [7, 11) is -2.87. The molecule has 6 nitrogen and oxygen atoms in total. The smallest absolute Gasteiger partial charge is 0.253 e. The number of sulfone groups is 1. The van der Waals surface area contributed by atoms with E-state index in [4.69, 9.17) is 0 Å². The molecular weight excluding hydrogens is 350 g/mol. The lowest BCUT2D eigenvalue weighted by Crippen LogP contribution is -2.43. The van der Waals surface area contributed by atoms with Gasteiger partial charge in [-0.2, -0.15) is 0 Å². The number of nitrogens with one attached hydrogen (secondary N) is 1. The topological polar surface area (TPSA) is 79.4 Å². The molecule has 0 atom stereocenters. The molecule has 0 bridgehead atoms. The summed E-state index contributed by atoms with van der Waals surface area (Å²) in [6, 6.07) is 13.5. The number of amides is 1. The van der Waals surface area contributed by atoms with Gasteiger partial charge >= 0.3 is 0 Å². The maximum Gasteiger partial charge on any atom is 0.253 e. The number of pyridine rings is 1. The van der Waals surface area contributed by atoms with Crippen LogP contribution in [0.25, 0.3) is 11.3 Å². The monoisotopic (exact) mass is 373 g/mol. The second kappa shape index (κ2) is 7.97. The summed E-state index contributed by atoms with van der Waals surface area (Å²) in [6.07, 6.45) is 0. The highest BCUT2D eigenvalue weighted by Crippen LogP contribution is 2.18. The second-order valence-electron chi connectivity index (χ2n) is 6.44. The molecule has 2 aromatic rings. The minimum atomic E-state index is -2.87. The van der Waals surface area contributed by atoms with Gasteiger partial charge in [0.25, 0.3) is 5.91 Å². The quantitative estimate of drug-likeness (QED) is 0.860. The highest BCUT2D eigenvalue weighted by atomic mass is 32.2. The Labute approximate surface area is 154 Å². The number of carbonyl (C=O) groups is 1. The maximum atomic E-state index is 12.4. The minimum absolute atomic E-state index is 0.153. The number of rotatable bonds is 5. The number of hydrogen-bond donors (Lipinski definition) is 1. The van der Waals surface area contributed by atoms with Crippen LogP contribution in [0.4, 0.5) is 0 Å². The zero-order valence-electron chi connectivity index (χ0n) is 14.8. The standard InChI is InChI=1S/C19H23N3O3S/c1-15-17(7-8-18(21-15)16-5-3-2-4-6-16)19(23)20-9-10-22-11-13-26(24,25)14-12-22/h2-8H,9-14H2,1H3,(H,20,23). The van der Waals surface area contributed by atoms with Crippen molar-refractivity contribution in [2.75, 3.05) is 37.7 Å². The van der Waals surface area contributed by atoms with Gasteiger partial charge in [0.15, 0.2) is 9.84 Å². The van der Waals surface area contributed by atoms with E-state index in [1.807, 2.05) is 43.3 Å². The summed E-state index contributed by atoms with van der Waals surface area (Å²) in [5.41, 5.74) is 3.11. The van der Waals surface area contributed by atoms with Crippen LogP contribution < -0.4 is 5.32 Å².